The summed E-state index contributed by atoms with van der Waals surface area (Å²) in [5.41, 5.74) is 1.02. The molecule has 21 heavy (non-hydrogen) atoms. The number of nitrogens with zero attached hydrogens (tertiary/aromatic N) is 2. The zero-order valence-corrected chi connectivity index (χ0v) is 11.4. The minimum Gasteiger partial charge on any atom is -0.412 e. The topological polar surface area (TPSA) is 54.5 Å². The Bertz CT molecular complexity index is 584. The molecule has 3 fully saturated rings. The Morgan fingerprint density at radius 2 is 2.00 bits per heavy atom. The van der Waals surface area contributed by atoms with E-state index in [4.69, 9.17) is 14.2 Å². The van der Waals surface area contributed by atoms with Gasteiger partial charge >= 0.3 is 6.09 Å². The predicted molar refractivity (Wildman–Crippen MR) is 71.9 cm³/mol. The van der Waals surface area contributed by atoms with Crippen molar-refractivity contribution in [2.45, 2.75) is 5.79 Å². The van der Waals surface area contributed by atoms with Crippen LogP contribution in [0.15, 0.2) is 18.2 Å². The van der Waals surface area contributed by atoms with Gasteiger partial charge in [-0.3, -0.25) is 4.90 Å². The number of anilines is 2. The number of ether oxygens (including phenoxy) is 3. The number of hydrogen-bond donors (Lipinski definition) is 0. The summed E-state index contributed by atoms with van der Waals surface area (Å²) in [6, 6.07) is 4.80. The maximum Gasteiger partial charge on any atom is 0.417 e. The Labute approximate surface area is 121 Å². The van der Waals surface area contributed by atoms with Crippen molar-refractivity contribution >= 4 is 17.5 Å². The van der Waals surface area contributed by atoms with Gasteiger partial charge < -0.3 is 19.1 Å². The molecule has 0 aromatic heterocycles. The number of hydrogen-bond acceptors (Lipinski definition) is 5. The average Bonchev–Trinajstić information content (AvgIpc) is 3.16. The number of morpholine rings is 1. The van der Waals surface area contributed by atoms with Crippen LogP contribution in [0.1, 0.15) is 0 Å². The van der Waals surface area contributed by atoms with E-state index < -0.39 is 11.9 Å². The van der Waals surface area contributed by atoms with Crippen molar-refractivity contribution in [3.05, 3.63) is 24.0 Å². The van der Waals surface area contributed by atoms with Crippen LogP contribution >= 0.6 is 0 Å². The predicted octanol–water partition coefficient (Wildman–Crippen LogP) is 1.35. The summed E-state index contributed by atoms with van der Waals surface area (Å²) in [4.78, 5) is 15.1. The quantitative estimate of drug-likeness (QED) is 0.771. The smallest absolute Gasteiger partial charge is 0.412 e. The maximum atomic E-state index is 14.3. The van der Waals surface area contributed by atoms with Gasteiger partial charge in [0.15, 0.2) is 0 Å². The minimum absolute atomic E-state index is 0.308. The molecule has 7 heteroatoms. The van der Waals surface area contributed by atoms with Crippen molar-refractivity contribution in [2.24, 2.45) is 0 Å². The van der Waals surface area contributed by atoms with Crippen molar-refractivity contribution in [1.29, 1.82) is 0 Å². The largest absolute Gasteiger partial charge is 0.417 e. The molecule has 112 valence electrons. The fraction of sp³-hybridized carbons (Fsp3) is 0.500. The second-order valence-corrected chi connectivity index (χ2v) is 5.39. The van der Waals surface area contributed by atoms with Crippen LogP contribution in [0.3, 0.4) is 0 Å². The lowest BCUT2D eigenvalue weighted by atomic mass is 10.2. The standard InChI is InChI=1S/C14H15FN2O4/c15-11-7-10(17-8-14(9-20-14)21-13(17)18)1-2-12(11)16-3-5-19-6-4-16/h1-2,7H,3-6,8-9H2. The molecule has 3 heterocycles. The van der Waals surface area contributed by atoms with Gasteiger partial charge in [0.05, 0.1) is 31.1 Å². The van der Waals surface area contributed by atoms with Crippen LogP contribution < -0.4 is 9.80 Å². The lowest BCUT2D eigenvalue weighted by Gasteiger charge is -2.29. The Morgan fingerprint density at radius 1 is 1.24 bits per heavy atom. The van der Waals surface area contributed by atoms with E-state index in [0.29, 0.717) is 50.8 Å². The first kappa shape index (κ1) is 12.8. The van der Waals surface area contributed by atoms with Gasteiger partial charge in [-0.25, -0.2) is 9.18 Å². The fourth-order valence-corrected chi connectivity index (χ4v) is 2.70. The van der Waals surface area contributed by atoms with Crippen molar-refractivity contribution in [2.75, 3.05) is 49.3 Å². The van der Waals surface area contributed by atoms with Crippen molar-refractivity contribution in [3.8, 4) is 0 Å². The molecular weight excluding hydrogens is 279 g/mol. The first-order valence-electron chi connectivity index (χ1n) is 6.94. The Hall–Kier alpha value is -1.86. The molecular formula is C14H15FN2O4. The Balaban J connectivity index is 1.57. The number of carbonyl (C=O) groups excluding carboxylic acids is 1. The molecule has 0 bridgehead atoms. The summed E-state index contributed by atoms with van der Waals surface area (Å²) in [5.74, 6) is -1.14. The number of benzene rings is 1. The van der Waals surface area contributed by atoms with E-state index in [1.807, 2.05) is 4.90 Å². The molecule has 0 saturated carbocycles. The highest BCUT2D eigenvalue weighted by Crippen LogP contribution is 2.38. The van der Waals surface area contributed by atoms with E-state index in [2.05, 4.69) is 0 Å². The van der Waals surface area contributed by atoms with Crippen LogP contribution in [0.2, 0.25) is 0 Å². The Kier molecular flexibility index (Phi) is 2.80. The fourth-order valence-electron chi connectivity index (χ4n) is 2.70. The monoisotopic (exact) mass is 294 g/mol. The number of halogens is 1. The van der Waals surface area contributed by atoms with Crippen LogP contribution in [0.5, 0.6) is 0 Å². The third kappa shape index (κ3) is 2.22. The highest BCUT2D eigenvalue weighted by molar-refractivity contribution is 5.90. The third-order valence-corrected chi connectivity index (χ3v) is 3.95. The van der Waals surface area contributed by atoms with E-state index in [9.17, 15) is 9.18 Å². The maximum absolute atomic E-state index is 14.3. The number of carbonyl (C=O) groups is 1. The molecule has 3 saturated heterocycles. The molecule has 1 aromatic carbocycles. The van der Waals surface area contributed by atoms with Gasteiger partial charge in [0, 0.05) is 13.1 Å². The molecule has 0 N–H and O–H groups in total. The summed E-state index contributed by atoms with van der Waals surface area (Å²) in [6.07, 6.45) is -0.494. The zero-order valence-electron chi connectivity index (χ0n) is 11.4. The number of epoxide rings is 1. The molecule has 3 aliphatic rings. The molecule has 3 aliphatic heterocycles. The van der Waals surface area contributed by atoms with Crippen molar-refractivity contribution < 1.29 is 23.4 Å². The second kappa shape index (κ2) is 4.57. The van der Waals surface area contributed by atoms with Crippen LogP contribution in [0.25, 0.3) is 0 Å². The van der Waals surface area contributed by atoms with Crippen molar-refractivity contribution in [3.63, 3.8) is 0 Å². The second-order valence-electron chi connectivity index (χ2n) is 5.39. The number of amides is 1. The highest BCUT2D eigenvalue weighted by Gasteiger charge is 2.57. The molecule has 1 unspecified atom stereocenters. The van der Waals surface area contributed by atoms with Gasteiger partial charge in [-0.05, 0) is 18.2 Å². The summed E-state index contributed by atoms with van der Waals surface area (Å²) >= 11 is 0. The molecule has 1 amide bonds. The van der Waals surface area contributed by atoms with Crippen LogP contribution in [0.4, 0.5) is 20.6 Å². The van der Waals surface area contributed by atoms with Crippen LogP contribution in [-0.4, -0.2) is 51.3 Å². The summed E-state index contributed by atoms with van der Waals surface area (Å²) in [7, 11) is 0. The third-order valence-electron chi connectivity index (χ3n) is 3.95. The van der Waals surface area contributed by atoms with Gasteiger partial charge in [-0.15, -0.1) is 0 Å². The Morgan fingerprint density at radius 3 is 2.62 bits per heavy atom. The molecule has 0 radical (unpaired) electrons. The SMILES string of the molecule is O=C1OC2(CO2)CN1c1ccc(N2CCOCC2)c(F)c1. The number of rotatable bonds is 2. The van der Waals surface area contributed by atoms with Gasteiger partial charge in [-0.1, -0.05) is 0 Å². The lowest BCUT2D eigenvalue weighted by molar-refractivity contribution is 0.0529. The van der Waals surface area contributed by atoms with Crippen LogP contribution in [-0.2, 0) is 14.2 Å². The highest BCUT2D eigenvalue weighted by atomic mass is 19.1. The summed E-state index contributed by atoms with van der Waals surface area (Å²) in [5, 5.41) is 0. The van der Waals surface area contributed by atoms with Gasteiger partial charge in [0.1, 0.15) is 12.4 Å². The molecule has 6 nitrogen and oxygen atoms in total. The molecule has 1 spiro atoms. The van der Waals surface area contributed by atoms with Crippen LogP contribution in [0, 0.1) is 5.82 Å². The van der Waals surface area contributed by atoms with E-state index in [0.717, 1.165) is 0 Å². The first-order chi connectivity index (χ1) is 10.2. The minimum atomic E-state index is -0.795. The normalized spacial score (nSPS) is 28.1. The lowest BCUT2D eigenvalue weighted by Crippen LogP contribution is -2.36. The zero-order chi connectivity index (χ0) is 14.4. The summed E-state index contributed by atoms with van der Waals surface area (Å²) < 4.78 is 29.8. The molecule has 4 rings (SSSR count). The molecule has 1 aromatic rings. The average molecular weight is 294 g/mol. The van der Waals surface area contributed by atoms with E-state index in [-0.39, 0.29) is 5.82 Å². The van der Waals surface area contributed by atoms with Crippen molar-refractivity contribution in [1.82, 2.24) is 0 Å². The van der Waals surface area contributed by atoms with E-state index >= 15 is 0 Å². The van der Waals surface area contributed by atoms with Gasteiger partial charge in [0.2, 0.25) is 0 Å². The van der Waals surface area contributed by atoms with E-state index in [1.165, 1.54) is 11.0 Å². The van der Waals surface area contributed by atoms with Gasteiger partial charge in [0.25, 0.3) is 5.79 Å². The first-order valence-corrected chi connectivity index (χ1v) is 6.94. The molecule has 0 aliphatic carbocycles. The van der Waals surface area contributed by atoms with Gasteiger partial charge in [-0.2, -0.15) is 0 Å². The summed E-state index contributed by atoms with van der Waals surface area (Å²) in [6.45, 7) is 3.24. The van der Waals surface area contributed by atoms with E-state index in [1.54, 1.807) is 12.1 Å². The molecule has 1 atom stereocenters.